The molecule has 0 saturated carbocycles. The summed E-state index contributed by atoms with van der Waals surface area (Å²) in [6.07, 6.45) is 3.09. The van der Waals surface area contributed by atoms with Crippen LogP contribution in [0.4, 0.5) is 11.6 Å². The lowest BCUT2D eigenvalue weighted by Gasteiger charge is -2.18. The molecule has 5 nitrogen and oxygen atoms in total. The summed E-state index contributed by atoms with van der Waals surface area (Å²) in [5.74, 6) is 1.80. The van der Waals surface area contributed by atoms with Crippen LogP contribution in [0.15, 0.2) is 11.2 Å². The largest absolute Gasteiger partial charge is 0.370 e. The summed E-state index contributed by atoms with van der Waals surface area (Å²) in [7, 11) is 0. The number of hydrogen-bond donors (Lipinski definition) is 2. The predicted molar refractivity (Wildman–Crippen MR) is 88.9 cm³/mol. The van der Waals surface area contributed by atoms with E-state index in [0.29, 0.717) is 0 Å². The van der Waals surface area contributed by atoms with E-state index in [1.807, 2.05) is 12.3 Å². The molecule has 20 heavy (non-hydrogen) atoms. The van der Waals surface area contributed by atoms with Crippen LogP contribution in [0.2, 0.25) is 0 Å². The van der Waals surface area contributed by atoms with Gasteiger partial charge in [0.15, 0.2) is 5.16 Å². The zero-order valence-corrected chi connectivity index (χ0v) is 13.9. The molecule has 0 aromatic carbocycles. The molecule has 0 aliphatic rings. The van der Waals surface area contributed by atoms with Crippen LogP contribution < -0.4 is 10.6 Å². The molecule has 1 aromatic heterocycles. The van der Waals surface area contributed by atoms with Gasteiger partial charge in [-0.25, -0.2) is 9.97 Å². The fraction of sp³-hybridized carbons (Fsp3) is 0.714. The zero-order chi connectivity index (χ0) is 14.8. The van der Waals surface area contributed by atoms with Crippen molar-refractivity contribution in [1.82, 2.24) is 14.9 Å². The SMILES string of the molecule is CCCNc1cc(NCCN(CC)CC)nc(SC)n1. The van der Waals surface area contributed by atoms with Crippen molar-refractivity contribution in [3.63, 3.8) is 0 Å². The maximum absolute atomic E-state index is 4.49. The van der Waals surface area contributed by atoms with Crippen LogP contribution in [-0.2, 0) is 0 Å². The summed E-state index contributed by atoms with van der Waals surface area (Å²) in [5.41, 5.74) is 0. The summed E-state index contributed by atoms with van der Waals surface area (Å²) in [6, 6.07) is 1.98. The van der Waals surface area contributed by atoms with Gasteiger partial charge < -0.3 is 15.5 Å². The smallest absolute Gasteiger partial charge is 0.191 e. The van der Waals surface area contributed by atoms with E-state index in [1.165, 1.54) is 0 Å². The summed E-state index contributed by atoms with van der Waals surface area (Å²) < 4.78 is 0. The monoisotopic (exact) mass is 297 g/mol. The van der Waals surface area contributed by atoms with Crippen molar-refractivity contribution in [3.05, 3.63) is 6.07 Å². The molecule has 0 unspecified atom stereocenters. The van der Waals surface area contributed by atoms with Gasteiger partial charge in [-0.3, -0.25) is 0 Å². The second-order valence-corrected chi connectivity index (χ2v) is 5.28. The Balaban J connectivity index is 2.59. The summed E-state index contributed by atoms with van der Waals surface area (Å²) in [4.78, 5) is 11.3. The Labute approximate surface area is 127 Å². The fourth-order valence-electron chi connectivity index (χ4n) is 1.83. The highest BCUT2D eigenvalue weighted by molar-refractivity contribution is 7.98. The van der Waals surface area contributed by atoms with Gasteiger partial charge in [0.05, 0.1) is 0 Å². The average Bonchev–Trinajstić information content (AvgIpc) is 2.49. The third-order valence-electron chi connectivity index (χ3n) is 3.07. The molecular formula is C14H27N5S. The molecule has 0 aliphatic heterocycles. The fourth-order valence-corrected chi connectivity index (χ4v) is 2.21. The maximum Gasteiger partial charge on any atom is 0.191 e. The molecule has 2 N–H and O–H groups in total. The first-order valence-electron chi connectivity index (χ1n) is 7.36. The molecule has 1 aromatic rings. The first kappa shape index (κ1) is 17.0. The molecule has 6 heteroatoms. The number of thioether (sulfide) groups is 1. The van der Waals surface area contributed by atoms with Crippen LogP contribution in [0.3, 0.4) is 0 Å². The van der Waals surface area contributed by atoms with Crippen molar-refractivity contribution in [2.24, 2.45) is 0 Å². The van der Waals surface area contributed by atoms with E-state index in [1.54, 1.807) is 11.8 Å². The lowest BCUT2D eigenvalue weighted by molar-refractivity contribution is 0.316. The van der Waals surface area contributed by atoms with Crippen LogP contribution in [0.5, 0.6) is 0 Å². The number of aromatic nitrogens is 2. The maximum atomic E-state index is 4.49. The van der Waals surface area contributed by atoms with E-state index in [-0.39, 0.29) is 0 Å². The van der Waals surface area contributed by atoms with Gasteiger partial charge in [-0.1, -0.05) is 32.5 Å². The Hall–Kier alpha value is -1.01. The third kappa shape index (κ3) is 5.96. The molecule has 0 spiro atoms. The predicted octanol–water partition coefficient (Wildman–Crippen LogP) is 2.77. The van der Waals surface area contributed by atoms with Gasteiger partial charge in [0.2, 0.25) is 0 Å². The highest BCUT2D eigenvalue weighted by Gasteiger charge is 2.04. The minimum absolute atomic E-state index is 0.802. The molecule has 0 saturated heterocycles. The van der Waals surface area contributed by atoms with Gasteiger partial charge >= 0.3 is 0 Å². The van der Waals surface area contributed by atoms with Gasteiger partial charge in [-0.2, -0.15) is 0 Å². The van der Waals surface area contributed by atoms with E-state index in [9.17, 15) is 0 Å². The van der Waals surface area contributed by atoms with Crippen molar-refractivity contribution in [3.8, 4) is 0 Å². The van der Waals surface area contributed by atoms with Crippen molar-refractivity contribution in [2.75, 3.05) is 49.6 Å². The van der Waals surface area contributed by atoms with Crippen LogP contribution in [0, 0.1) is 0 Å². The quantitative estimate of drug-likeness (QED) is 0.511. The van der Waals surface area contributed by atoms with Crippen LogP contribution in [-0.4, -0.2) is 53.8 Å². The zero-order valence-electron chi connectivity index (χ0n) is 13.1. The van der Waals surface area contributed by atoms with Crippen molar-refractivity contribution in [1.29, 1.82) is 0 Å². The Morgan fingerprint density at radius 2 is 1.65 bits per heavy atom. The molecule has 0 amide bonds. The summed E-state index contributed by atoms with van der Waals surface area (Å²) in [5, 5.41) is 7.51. The number of likely N-dealkylation sites (N-methyl/N-ethyl adjacent to an activating group) is 1. The minimum atomic E-state index is 0.802. The summed E-state index contributed by atoms with van der Waals surface area (Å²) >= 11 is 1.57. The molecule has 114 valence electrons. The first-order valence-corrected chi connectivity index (χ1v) is 8.59. The Kier molecular flexibility index (Phi) is 8.37. The van der Waals surface area contributed by atoms with Crippen LogP contribution >= 0.6 is 11.8 Å². The number of rotatable bonds is 10. The second-order valence-electron chi connectivity index (χ2n) is 4.51. The normalized spacial score (nSPS) is 10.8. The second kappa shape index (κ2) is 9.83. The minimum Gasteiger partial charge on any atom is -0.370 e. The first-order chi connectivity index (χ1) is 9.73. The lowest BCUT2D eigenvalue weighted by atomic mass is 10.4. The number of anilines is 2. The van der Waals surface area contributed by atoms with Gasteiger partial charge in [0.25, 0.3) is 0 Å². The standard InChI is InChI=1S/C14H27N5S/c1-5-8-15-12-11-13(18-14(17-12)20-4)16-9-10-19(6-2)7-3/h11H,5-10H2,1-4H3,(H2,15,16,17,18). The van der Waals surface area contributed by atoms with Crippen LogP contribution in [0.25, 0.3) is 0 Å². The van der Waals surface area contributed by atoms with E-state index in [2.05, 4.69) is 46.3 Å². The molecule has 0 bridgehead atoms. The molecule has 0 radical (unpaired) electrons. The third-order valence-corrected chi connectivity index (χ3v) is 3.62. The molecule has 0 atom stereocenters. The molecule has 1 heterocycles. The topological polar surface area (TPSA) is 53.1 Å². The van der Waals surface area contributed by atoms with Crippen molar-refractivity contribution >= 4 is 23.4 Å². The number of nitrogens with one attached hydrogen (secondary N) is 2. The van der Waals surface area contributed by atoms with E-state index < -0.39 is 0 Å². The molecule has 1 rings (SSSR count). The van der Waals surface area contributed by atoms with Crippen molar-refractivity contribution < 1.29 is 0 Å². The van der Waals surface area contributed by atoms with Gasteiger partial charge in [0.1, 0.15) is 11.6 Å². The van der Waals surface area contributed by atoms with E-state index in [0.717, 1.165) is 55.9 Å². The van der Waals surface area contributed by atoms with E-state index >= 15 is 0 Å². The summed E-state index contributed by atoms with van der Waals surface area (Å²) in [6.45, 7) is 11.6. The number of nitrogens with zero attached hydrogens (tertiary/aromatic N) is 3. The van der Waals surface area contributed by atoms with Gasteiger partial charge in [-0.05, 0) is 25.8 Å². The van der Waals surface area contributed by atoms with E-state index in [4.69, 9.17) is 0 Å². The number of hydrogen-bond acceptors (Lipinski definition) is 6. The van der Waals surface area contributed by atoms with Gasteiger partial charge in [-0.15, -0.1) is 0 Å². The highest BCUT2D eigenvalue weighted by atomic mass is 32.2. The highest BCUT2D eigenvalue weighted by Crippen LogP contribution is 2.17. The molecular weight excluding hydrogens is 270 g/mol. The lowest BCUT2D eigenvalue weighted by Crippen LogP contribution is -2.28. The van der Waals surface area contributed by atoms with Crippen LogP contribution in [0.1, 0.15) is 27.2 Å². The molecule has 0 fully saturated rings. The average molecular weight is 297 g/mol. The molecule has 0 aliphatic carbocycles. The Morgan fingerprint density at radius 3 is 2.15 bits per heavy atom. The van der Waals surface area contributed by atoms with Crippen molar-refractivity contribution in [2.45, 2.75) is 32.3 Å². The Bertz CT molecular complexity index is 382. The van der Waals surface area contributed by atoms with Gasteiger partial charge in [0, 0.05) is 25.7 Å². The Morgan fingerprint density at radius 1 is 1.05 bits per heavy atom.